The second kappa shape index (κ2) is 7.07. The lowest BCUT2D eigenvalue weighted by molar-refractivity contribution is -0.118. The maximum absolute atomic E-state index is 12.1. The molecule has 0 saturated heterocycles. The Morgan fingerprint density at radius 1 is 1.18 bits per heavy atom. The zero-order valence-corrected chi connectivity index (χ0v) is 14.3. The van der Waals surface area contributed by atoms with E-state index < -0.39 is 21.5 Å². The zero-order chi connectivity index (χ0) is 16.2. The summed E-state index contributed by atoms with van der Waals surface area (Å²) in [5.41, 5.74) is 2.77. The molecule has 1 heterocycles. The maximum atomic E-state index is 12.1. The number of sulfone groups is 1. The van der Waals surface area contributed by atoms with E-state index in [2.05, 4.69) is 5.32 Å². The summed E-state index contributed by atoms with van der Waals surface area (Å²) in [6, 6.07) is 9.46. The van der Waals surface area contributed by atoms with Gasteiger partial charge in [0.1, 0.15) is 5.75 Å². The molecule has 6 heteroatoms. The van der Waals surface area contributed by atoms with Gasteiger partial charge in [-0.05, 0) is 30.9 Å². The fraction of sp³-hybridized carbons (Fsp3) is 0.312. The standard InChI is InChI=1S/C16H19NO3S2/c1-12-6-13(2)8-14(7-12)10-22(19,20)11-16(18)17-9-15-4-3-5-21-15/h3-8H,9-11H2,1-2H3,(H,17,18). The lowest BCUT2D eigenvalue weighted by atomic mass is 10.1. The summed E-state index contributed by atoms with van der Waals surface area (Å²) in [4.78, 5) is 12.8. The number of nitrogens with one attached hydrogen (secondary N) is 1. The molecular formula is C16H19NO3S2. The molecule has 1 aromatic carbocycles. The van der Waals surface area contributed by atoms with Crippen LogP contribution in [0, 0.1) is 13.8 Å². The molecular weight excluding hydrogens is 318 g/mol. The van der Waals surface area contributed by atoms with Gasteiger partial charge in [0.15, 0.2) is 9.84 Å². The molecule has 1 amide bonds. The van der Waals surface area contributed by atoms with Gasteiger partial charge in [-0.1, -0.05) is 35.4 Å². The van der Waals surface area contributed by atoms with E-state index in [0.29, 0.717) is 6.54 Å². The van der Waals surface area contributed by atoms with Crippen molar-refractivity contribution in [2.45, 2.75) is 26.1 Å². The van der Waals surface area contributed by atoms with Crippen molar-refractivity contribution in [2.24, 2.45) is 0 Å². The number of amides is 1. The van der Waals surface area contributed by atoms with Crippen molar-refractivity contribution >= 4 is 27.1 Å². The number of rotatable bonds is 6. The monoisotopic (exact) mass is 337 g/mol. The van der Waals surface area contributed by atoms with Gasteiger partial charge >= 0.3 is 0 Å². The number of carbonyl (C=O) groups is 1. The van der Waals surface area contributed by atoms with Crippen molar-refractivity contribution < 1.29 is 13.2 Å². The summed E-state index contributed by atoms with van der Waals surface area (Å²) in [6.07, 6.45) is 0. The summed E-state index contributed by atoms with van der Waals surface area (Å²) in [5.74, 6) is -1.05. The van der Waals surface area contributed by atoms with E-state index in [-0.39, 0.29) is 5.75 Å². The molecule has 0 aliphatic rings. The van der Waals surface area contributed by atoms with Crippen molar-refractivity contribution in [2.75, 3.05) is 5.75 Å². The lowest BCUT2D eigenvalue weighted by Gasteiger charge is -2.07. The van der Waals surface area contributed by atoms with Gasteiger partial charge in [-0.2, -0.15) is 0 Å². The van der Waals surface area contributed by atoms with E-state index in [1.165, 1.54) is 11.3 Å². The quantitative estimate of drug-likeness (QED) is 0.881. The molecule has 1 N–H and O–H groups in total. The topological polar surface area (TPSA) is 63.2 Å². The first kappa shape index (κ1) is 16.7. The second-order valence-corrected chi connectivity index (χ2v) is 8.48. The number of benzene rings is 1. The van der Waals surface area contributed by atoms with Crippen LogP contribution in [0.25, 0.3) is 0 Å². The first-order chi connectivity index (χ1) is 10.3. The highest BCUT2D eigenvalue weighted by atomic mass is 32.2. The first-order valence-electron chi connectivity index (χ1n) is 6.91. The molecule has 0 atom stereocenters. The first-order valence-corrected chi connectivity index (χ1v) is 9.61. The fourth-order valence-corrected chi connectivity index (χ4v) is 4.23. The molecule has 22 heavy (non-hydrogen) atoms. The third-order valence-corrected chi connectivity index (χ3v) is 5.41. The van der Waals surface area contributed by atoms with E-state index in [4.69, 9.17) is 0 Å². The Morgan fingerprint density at radius 3 is 2.45 bits per heavy atom. The Kier molecular flexibility index (Phi) is 5.37. The van der Waals surface area contributed by atoms with Gasteiger partial charge in [0.25, 0.3) is 0 Å². The molecule has 2 rings (SSSR count). The Labute approximate surface area is 135 Å². The van der Waals surface area contributed by atoms with Gasteiger partial charge in [0.05, 0.1) is 12.3 Å². The van der Waals surface area contributed by atoms with Gasteiger partial charge in [-0.15, -0.1) is 11.3 Å². The van der Waals surface area contributed by atoms with Crippen LogP contribution in [0.15, 0.2) is 35.7 Å². The minimum atomic E-state index is -3.47. The van der Waals surface area contributed by atoms with Crippen LogP contribution in [-0.2, 0) is 26.9 Å². The van der Waals surface area contributed by atoms with Crippen molar-refractivity contribution in [3.63, 3.8) is 0 Å². The highest BCUT2D eigenvalue weighted by molar-refractivity contribution is 7.91. The normalized spacial score (nSPS) is 11.4. The van der Waals surface area contributed by atoms with Crippen LogP contribution in [0.2, 0.25) is 0 Å². The Balaban J connectivity index is 1.93. The number of carbonyl (C=O) groups excluding carboxylic acids is 1. The van der Waals surface area contributed by atoms with Gasteiger partial charge in [0.2, 0.25) is 5.91 Å². The minimum absolute atomic E-state index is 0.109. The Hall–Kier alpha value is -1.66. The third-order valence-electron chi connectivity index (χ3n) is 3.06. The number of hydrogen-bond donors (Lipinski definition) is 1. The van der Waals surface area contributed by atoms with Gasteiger partial charge in [-0.3, -0.25) is 4.79 Å². The maximum Gasteiger partial charge on any atom is 0.235 e. The zero-order valence-electron chi connectivity index (χ0n) is 12.6. The van der Waals surface area contributed by atoms with Gasteiger partial charge in [0, 0.05) is 4.88 Å². The van der Waals surface area contributed by atoms with E-state index in [1.807, 2.05) is 49.6 Å². The van der Waals surface area contributed by atoms with Crippen molar-refractivity contribution in [3.05, 3.63) is 57.3 Å². The summed E-state index contributed by atoms with van der Waals surface area (Å²) in [5, 5.41) is 4.56. The smallest absolute Gasteiger partial charge is 0.235 e. The number of hydrogen-bond acceptors (Lipinski definition) is 4. The van der Waals surface area contributed by atoms with Gasteiger partial charge < -0.3 is 5.32 Å². The van der Waals surface area contributed by atoms with Gasteiger partial charge in [-0.25, -0.2) is 8.42 Å². The Bertz CT molecular complexity index is 729. The van der Waals surface area contributed by atoms with Crippen LogP contribution in [0.4, 0.5) is 0 Å². The third kappa shape index (κ3) is 5.27. The number of aryl methyl sites for hydroxylation is 2. The van der Waals surface area contributed by atoms with E-state index in [0.717, 1.165) is 21.6 Å². The summed E-state index contributed by atoms with van der Waals surface area (Å²) >= 11 is 1.52. The average Bonchev–Trinajstić information content (AvgIpc) is 2.86. The molecule has 0 saturated carbocycles. The molecule has 118 valence electrons. The van der Waals surface area contributed by atoms with E-state index in [9.17, 15) is 13.2 Å². The fourth-order valence-electron chi connectivity index (χ4n) is 2.31. The second-order valence-electron chi connectivity index (χ2n) is 5.38. The predicted octanol–water partition coefficient (Wildman–Crippen LogP) is 2.60. The molecule has 0 fully saturated rings. The van der Waals surface area contributed by atoms with Crippen LogP contribution in [0.3, 0.4) is 0 Å². The van der Waals surface area contributed by atoms with Crippen LogP contribution in [0.5, 0.6) is 0 Å². The molecule has 2 aromatic rings. The van der Waals surface area contributed by atoms with Crippen molar-refractivity contribution in [1.29, 1.82) is 0 Å². The lowest BCUT2D eigenvalue weighted by Crippen LogP contribution is -2.30. The summed E-state index contributed by atoms with van der Waals surface area (Å²) in [7, 11) is -3.47. The molecule has 4 nitrogen and oxygen atoms in total. The van der Waals surface area contributed by atoms with E-state index in [1.54, 1.807) is 0 Å². The largest absolute Gasteiger partial charge is 0.350 e. The molecule has 0 unspecified atom stereocenters. The van der Waals surface area contributed by atoms with Crippen molar-refractivity contribution in [1.82, 2.24) is 5.32 Å². The van der Waals surface area contributed by atoms with Crippen LogP contribution in [0.1, 0.15) is 21.6 Å². The predicted molar refractivity (Wildman–Crippen MR) is 89.6 cm³/mol. The Morgan fingerprint density at radius 2 is 1.86 bits per heavy atom. The minimum Gasteiger partial charge on any atom is -0.350 e. The average molecular weight is 337 g/mol. The molecule has 0 bridgehead atoms. The molecule has 1 aromatic heterocycles. The summed E-state index contributed by atoms with van der Waals surface area (Å²) in [6.45, 7) is 4.23. The highest BCUT2D eigenvalue weighted by Crippen LogP contribution is 2.13. The van der Waals surface area contributed by atoms with E-state index >= 15 is 0 Å². The van der Waals surface area contributed by atoms with Crippen molar-refractivity contribution in [3.8, 4) is 0 Å². The summed E-state index contributed by atoms with van der Waals surface area (Å²) < 4.78 is 24.3. The molecule has 0 radical (unpaired) electrons. The SMILES string of the molecule is Cc1cc(C)cc(CS(=O)(=O)CC(=O)NCc2cccs2)c1. The van der Waals surface area contributed by atoms with Crippen LogP contribution >= 0.6 is 11.3 Å². The number of thiophene rings is 1. The molecule has 0 spiro atoms. The van der Waals surface area contributed by atoms with Crippen LogP contribution in [-0.4, -0.2) is 20.1 Å². The molecule has 0 aliphatic carbocycles. The highest BCUT2D eigenvalue weighted by Gasteiger charge is 2.17. The van der Waals surface area contributed by atoms with Crippen LogP contribution < -0.4 is 5.32 Å². The molecule has 0 aliphatic heterocycles.